The predicted molar refractivity (Wildman–Crippen MR) is 82.9 cm³/mol. The molecule has 110 valence electrons. The van der Waals surface area contributed by atoms with Crippen molar-refractivity contribution in [3.63, 3.8) is 0 Å². The lowest BCUT2D eigenvalue weighted by molar-refractivity contribution is 0.143. The minimum absolute atomic E-state index is 0.708. The van der Waals surface area contributed by atoms with Crippen molar-refractivity contribution in [2.24, 2.45) is 11.8 Å². The minimum Gasteiger partial charge on any atom is -0.496 e. The summed E-state index contributed by atoms with van der Waals surface area (Å²) >= 11 is 0. The average molecular weight is 273 g/mol. The van der Waals surface area contributed by atoms with Crippen LogP contribution in [0, 0.1) is 11.8 Å². The molecule has 2 fully saturated rings. The Balaban J connectivity index is 1.53. The van der Waals surface area contributed by atoms with Crippen LogP contribution in [0.3, 0.4) is 0 Å². The lowest BCUT2D eigenvalue weighted by atomic mass is 9.69. The van der Waals surface area contributed by atoms with Crippen LogP contribution in [-0.2, 0) is 6.54 Å². The molecule has 0 saturated heterocycles. The first kappa shape index (κ1) is 13.9. The fourth-order valence-corrected chi connectivity index (χ4v) is 4.16. The van der Waals surface area contributed by atoms with E-state index in [9.17, 15) is 0 Å². The van der Waals surface area contributed by atoms with E-state index in [4.69, 9.17) is 4.74 Å². The molecular formula is C18H27NO. The van der Waals surface area contributed by atoms with Crippen LogP contribution in [0.2, 0.25) is 0 Å². The van der Waals surface area contributed by atoms with Crippen molar-refractivity contribution in [2.45, 2.75) is 57.5 Å². The van der Waals surface area contributed by atoms with Gasteiger partial charge in [0.2, 0.25) is 0 Å². The lowest BCUT2D eigenvalue weighted by Crippen LogP contribution is -2.38. The van der Waals surface area contributed by atoms with Crippen molar-refractivity contribution in [2.75, 3.05) is 7.11 Å². The third-order valence-electron chi connectivity index (χ3n) is 5.31. The second kappa shape index (κ2) is 6.62. The zero-order valence-corrected chi connectivity index (χ0v) is 12.6. The first-order valence-electron chi connectivity index (χ1n) is 8.22. The van der Waals surface area contributed by atoms with Crippen LogP contribution >= 0.6 is 0 Å². The Morgan fingerprint density at radius 1 is 1.05 bits per heavy atom. The van der Waals surface area contributed by atoms with Crippen molar-refractivity contribution >= 4 is 0 Å². The maximum absolute atomic E-state index is 5.43. The number of nitrogens with one attached hydrogen (secondary N) is 1. The molecule has 0 aromatic heterocycles. The molecular weight excluding hydrogens is 246 g/mol. The molecule has 20 heavy (non-hydrogen) atoms. The highest BCUT2D eigenvalue weighted by Crippen LogP contribution is 2.40. The molecule has 1 aromatic carbocycles. The van der Waals surface area contributed by atoms with Gasteiger partial charge in [0.15, 0.2) is 0 Å². The number of fused-ring (bicyclic) bond motifs is 1. The van der Waals surface area contributed by atoms with Gasteiger partial charge in [0.05, 0.1) is 7.11 Å². The van der Waals surface area contributed by atoms with E-state index in [2.05, 4.69) is 23.5 Å². The van der Waals surface area contributed by atoms with Gasteiger partial charge in [-0.25, -0.2) is 0 Å². The molecule has 2 saturated carbocycles. The Morgan fingerprint density at radius 2 is 1.85 bits per heavy atom. The van der Waals surface area contributed by atoms with Gasteiger partial charge in [-0.2, -0.15) is 0 Å². The van der Waals surface area contributed by atoms with Crippen LogP contribution in [0.4, 0.5) is 0 Å². The van der Waals surface area contributed by atoms with E-state index in [1.165, 1.54) is 50.5 Å². The van der Waals surface area contributed by atoms with Crippen molar-refractivity contribution < 1.29 is 4.74 Å². The molecule has 0 aliphatic heterocycles. The maximum atomic E-state index is 5.43. The van der Waals surface area contributed by atoms with E-state index in [1.807, 2.05) is 6.07 Å². The van der Waals surface area contributed by atoms with Crippen molar-refractivity contribution in [3.05, 3.63) is 29.8 Å². The van der Waals surface area contributed by atoms with Gasteiger partial charge in [0.25, 0.3) is 0 Å². The van der Waals surface area contributed by atoms with Gasteiger partial charge in [-0.3, -0.25) is 0 Å². The maximum Gasteiger partial charge on any atom is 0.123 e. The fourth-order valence-electron chi connectivity index (χ4n) is 4.16. The highest BCUT2D eigenvalue weighted by molar-refractivity contribution is 5.33. The molecule has 2 aliphatic rings. The van der Waals surface area contributed by atoms with Crippen molar-refractivity contribution in [1.29, 1.82) is 0 Å². The smallest absolute Gasteiger partial charge is 0.123 e. The molecule has 0 spiro atoms. The highest BCUT2D eigenvalue weighted by atomic mass is 16.5. The first-order chi connectivity index (χ1) is 9.86. The van der Waals surface area contributed by atoms with Crippen molar-refractivity contribution in [3.8, 4) is 5.75 Å². The normalized spacial score (nSPS) is 29.8. The average Bonchev–Trinajstić information content (AvgIpc) is 2.53. The molecule has 3 rings (SSSR count). The topological polar surface area (TPSA) is 21.3 Å². The van der Waals surface area contributed by atoms with Crippen LogP contribution in [0.25, 0.3) is 0 Å². The molecule has 0 radical (unpaired) electrons. The molecule has 2 nitrogen and oxygen atoms in total. The Morgan fingerprint density at radius 3 is 2.70 bits per heavy atom. The second-order valence-corrected chi connectivity index (χ2v) is 6.51. The molecule has 3 atom stereocenters. The lowest BCUT2D eigenvalue weighted by Gasteiger charge is -2.39. The molecule has 0 heterocycles. The van der Waals surface area contributed by atoms with E-state index in [0.29, 0.717) is 6.04 Å². The molecule has 0 unspecified atom stereocenters. The summed E-state index contributed by atoms with van der Waals surface area (Å²) in [4.78, 5) is 0. The van der Waals surface area contributed by atoms with Crippen LogP contribution < -0.4 is 10.1 Å². The second-order valence-electron chi connectivity index (χ2n) is 6.51. The zero-order chi connectivity index (χ0) is 13.8. The van der Waals surface area contributed by atoms with Crippen LogP contribution in [-0.4, -0.2) is 13.2 Å². The summed E-state index contributed by atoms with van der Waals surface area (Å²) in [5.74, 6) is 3.03. The first-order valence-corrected chi connectivity index (χ1v) is 8.22. The number of hydrogen-bond acceptors (Lipinski definition) is 2. The quantitative estimate of drug-likeness (QED) is 0.890. The van der Waals surface area contributed by atoms with Crippen LogP contribution in [0.15, 0.2) is 24.3 Å². The van der Waals surface area contributed by atoms with E-state index in [1.54, 1.807) is 7.11 Å². The van der Waals surface area contributed by atoms with Crippen LogP contribution in [0.5, 0.6) is 5.75 Å². The highest BCUT2D eigenvalue weighted by Gasteiger charge is 2.31. The minimum atomic E-state index is 0.708. The van der Waals surface area contributed by atoms with Gasteiger partial charge < -0.3 is 10.1 Å². The summed E-state index contributed by atoms with van der Waals surface area (Å²) in [7, 11) is 1.76. The molecule has 0 amide bonds. The van der Waals surface area contributed by atoms with E-state index in [-0.39, 0.29) is 0 Å². The summed E-state index contributed by atoms with van der Waals surface area (Å²) in [5.41, 5.74) is 1.28. The third kappa shape index (κ3) is 3.17. The standard InChI is InChI=1S/C18H27NO/c1-20-18-9-5-4-8-16(18)13-19-17-11-10-14-6-2-3-7-15(14)12-17/h4-5,8-9,14-15,17,19H,2-3,6-7,10-13H2,1H3/t14-,15+,17-/m1/s1. The van der Waals surface area contributed by atoms with Gasteiger partial charge in [-0.15, -0.1) is 0 Å². The number of benzene rings is 1. The Hall–Kier alpha value is -1.02. The van der Waals surface area contributed by atoms with Gasteiger partial charge in [0.1, 0.15) is 5.75 Å². The molecule has 1 N–H and O–H groups in total. The van der Waals surface area contributed by atoms with Gasteiger partial charge in [0, 0.05) is 18.2 Å². The summed E-state index contributed by atoms with van der Waals surface area (Å²) in [6, 6.07) is 9.06. The third-order valence-corrected chi connectivity index (χ3v) is 5.31. The Bertz CT molecular complexity index is 431. The zero-order valence-electron chi connectivity index (χ0n) is 12.6. The van der Waals surface area contributed by atoms with Gasteiger partial charge >= 0.3 is 0 Å². The predicted octanol–water partition coefficient (Wildman–Crippen LogP) is 4.14. The van der Waals surface area contributed by atoms with Crippen LogP contribution in [0.1, 0.15) is 50.5 Å². The number of methoxy groups -OCH3 is 1. The monoisotopic (exact) mass is 273 g/mol. The number of ether oxygens (including phenoxy) is 1. The Labute approximate surface area is 122 Å². The molecule has 0 bridgehead atoms. The summed E-state index contributed by atoms with van der Waals surface area (Å²) in [6.07, 6.45) is 10.1. The van der Waals surface area contributed by atoms with E-state index >= 15 is 0 Å². The number of para-hydroxylation sites is 1. The van der Waals surface area contributed by atoms with Gasteiger partial charge in [-0.1, -0.05) is 43.9 Å². The summed E-state index contributed by atoms with van der Waals surface area (Å²) in [6.45, 7) is 0.937. The number of hydrogen-bond donors (Lipinski definition) is 1. The van der Waals surface area contributed by atoms with Crippen molar-refractivity contribution in [1.82, 2.24) is 5.32 Å². The SMILES string of the molecule is COc1ccccc1CN[C@@H]1CC[C@H]2CCCC[C@H]2C1. The Kier molecular flexibility index (Phi) is 4.62. The fraction of sp³-hybridized carbons (Fsp3) is 0.667. The van der Waals surface area contributed by atoms with Gasteiger partial charge in [-0.05, 0) is 37.2 Å². The summed E-state index contributed by atoms with van der Waals surface area (Å²) in [5, 5.41) is 3.77. The van der Waals surface area contributed by atoms with E-state index in [0.717, 1.165) is 24.1 Å². The molecule has 2 heteroatoms. The van der Waals surface area contributed by atoms with E-state index < -0.39 is 0 Å². The molecule has 1 aromatic rings. The summed E-state index contributed by atoms with van der Waals surface area (Å²) < 4.78 is 5.43. The molecule has 2 aliphatic carbocycles. The largest absolute Gasteiger partial charge is 0.496 e. The number of rotatable bonds is 4.